The first-order valence-electron chi connectivity index (χ1n) is 10.2. The van der Waals surface area contributed by atoms with Gasteiger partial charge in [0.25, 0.3) is 0 Å². The van der Waals surface area contributed by atoms with Crippen LogP contribution in [0, 0.1) is 0 Å². The van der Waals surface area contributed by atoms with E-state index in [2.05, 4.69) is 48.9 Å². The van der Waals surface area contributed by atoms with Gasteiger partial charge >= 0.3 is 6.18 Å². The molecular weight excluding hydrogens is 375 g/mol. The van der Waals surface area contributed by atoms with Crippen LogP contribution in [-0.2, 0) is 18.1 Å². The monoisotopic (exact) mass is 403 g/mol. The zero-order valence-corrected chi connectivity index (χ0v) is 17.1. The molecule has 3 N–H and O–H groups in total. The van der Waals surface area contributed by atoms with E-state index in [9.17, 15) is 13.2 Å². The van der Waals surface area contributed by atoms with Gasteiger partial charge in [-0.25, -0.2) is 0 Å². The summed E-state index contributed by atoms with van der Waals surface area (Å²) in [6.07, 6.45) is -3.55. The molecule has 2 aliphatic heterocycles. The molecule has 2 aliphatic rings. The van der Waals surface area contributed by atoms with Crippen molar-refractivity contribution >= 4 is 11.4 Å². The van der Waals surface area contributed by atoms with Crippen molar-refractivity contribution in [1.29, 1.82) is 0 Å². The van der Waals surface area contributed by atoms with E-state index in [0.717, 1.165) is 24.1 Å². The number of rotatable bonds is 3. The third-order valence-electron chi connectivity index (χ3n) is 6.00. The van der Waals surface area contributed by atoms with Crippen LogP contribution in [-0.4, -0.2) is 19.1 Å². The van der Waals surface area contributed by atoms with Crippen molar-refractivity contribution in [3.63, 3.8) is 0 Å². The fourth-order valence-electron chi connectivity index (χ4n) is 4.31. The van der Waals surface area contributed by atoms with Gasteiger partial charge in [-0.1, -0.05) is 45.0 Å². The Morgan fingerprint density at radius 2 is 1.79 bits per heavy atom. The summed E-state index contributed by atoms with van der Waals surface area (Å²) in [5.41, 5.74) is 3.32. The summed E-state index contributed by atoms with van der Waals surface area (Å²) in [6, 6.07) is 11.4. The van der Waals surface area contributed by atoms with Crippen molar-refractivity contribution in [1.82, 2.24) is 5.32 Å². The minimum Gasteiger partial charge on any atom is -0.381 e. The highest BCUT2D eigenvalue weighted by molar-refractivity contribution is 5.71. The van der Waals surface area contributed by atoms with Crippen molar-refractivity contribution in [2.24, 2.45) is 0 Å². The SMILES string of the molecule is CC(C)(C)c1ccc(CNc2cc3c(c(C(F)(F)F)c2)N[C@H]2CCNCC32)cc1. The zero-order chi connectivity index (χ0) is 20.8. The van der Waals surface area contributed by atoms with Crippen LogP contribution >= 0.6 is 0 Å². The van der Waals surface area contributed by atoms with E-state index in [4.69, 9.17) is 0 Å². The summed E-state index contributed by atoms with van der Waals surface area (Å²) in [6.45, 7) is 8.50. The average Bonchev–Trinajstić information content (AvgIpc) is 3.03. The number of fused-ring (bicyclic) bond motifs is 3. The molecule has 1 unspecified atom stereocenters. The van der Waals surface area contributed by atoms with Crippen LogP contribution in [0.1, 0.15) is 55.4 Å². The molecule has 2 aromatic rings. The van der Waals surface area contributed by atoms with Crippen molar-refractivity contribution in [2.45, 2.75) is 57.3 Å². The van der Waals surface area contributed by atoms with Gasteiger partial charge < -0.3 is 16.0 Å². The fraction of sp³-hybridized carbons (Fsp3) is 0.478. The van der Waals surface area contributed by atoms with E-state index < -0.39 is 11.7 Å². The first-order chi connectivity index (χ1) is 13.6. The predicted octanol–water partition coefficient (Wildman–Crippen LogP) is 5.49. The Kier molecular flexibility index (Phi) is 5.01. The smallest absolute Gasteiger partial charge is 0.381 e. The second-order valence-electron chi connectivity index (χ2n) is 9.14. The Bertz CT molecular complexity index is 882. The highest BCUT2D eigenvalue weighted by atomic mass is 19.4. The molecule has 0 aliphatic carbocycles. The molecule has 0 spiro atoms. The highest BCUT2D eigenvalue weighted by Gasteiger charge is 2.42. The van der Waals surface area contributed by atoms with Gasteiger partial charge in [0.15, 0.2) is 0 Å². The molecule has 2 heterocycles. The summed E-state index contributed by atoms with van der Waals surface area (Å²) in [5, 5.41) is 9.66. The molecule has 1 saturated heterocycles. The number of piperidine rings is 1. The number of benzene rings is 2. The van der Waals surface area contributed by atoms with Crippen LogP contribution in [0.4, 0.5) is 24.5 Å². The van der Waals surface area contributed by atoms with Gasteiger partial charge in [-0.15, -0.1) is 0 Å². The minimum absolute atomic E-state index is 0.0745. The van der Waals surface area contributed by atoms with Crippen LogP contribution in [0.25, 0.3) is 0 Å². The van der Waals surface area contributed by atoms with E-state index in [1.165, 1.54) is 11.6 Å². The van der Waals surface area contributed by atoms with Crippen LogP contribution < -0.4 is 16.0 Å². The van der Waals surface area contributed by atoms with Gasteiger partial charge in [-0.3, -0.25) is 0 Å². The molecular formula is C23H28F3N3. The first kappa shape index (κ1) is 20.1. The minimum atomic E-state index is -4.38. The molecule has 2 atom stereocenters. The Hall–Kier alpha value is -2.21. The first-order valence-corrected chi connectivity index (χ1v) is 10.2. The second-order valence-corrected chi connectivity index (χ2v) is 9.14. The lowest BCUT2D eigenvalue weighted by Gasteiger charge is -2.26. The summed E-state index contributed by atoms with van der Waals surface area (Å²) < 4.78 is 41.2. The van der Waals surface area contributed by atoms with E-state index in [-0.39, 0.29) is 23.1 Å². The molecule has 0 radical (unpaired) electrons. The summed E-state index contributed by atoms with van der Waals surface area (Å²) >= 11 is 0. The summed E-state index contributed by atoms with van der Waals surface area (Å²) in [4.78, 5) is 0. The Labute approximate surface area is 170 Å². The molecule has 29 heavy (non-hydrogen) atoms. The Morgan fingerprint density at radius 3 is 2.45 bits per heavy atom. The molecule has 6 heteroatoms. The standard InChI is InChI=1S/C23H28F3N3/c1-22(2,3)15-6-4-14(5-7-15)12-28-16-10-17-18-13-27-9-8-20(18)29-21(17)19(11-16)23(24,25)26/h4-7,10-11,18,20,27-29H,8-9,12-13H2,1-3H3/t18?,20-/m0/s1. The van der Waals surface area contributed by atoms with Gasteiger partial charge in [-0.05, 0) is 47.2 Å². The maximum Gasteiger partial charge on any atom is 0.418 e. The number of hydrogen-bond acceptors (Lipinski definition) is 3. The number of alkyl halides is 3. The van der Waals surface area contributed by atoms with Crippen molar-refractivity contribution < 1.29 is 13.2 Å². The number of nitrogens with one attached hydrogen (secondary N) is 3. The largest absolute Gasteiger partial charge is 0.418 e. The maximum absolute atomic E-state index is 13.7. The average molecular weight is 403 g/mol. The topological polar surface area (TPSA) is 36.1 Å². The fourth-order valence-corrected chi connectivity index (χ4v) is 4.31. The molecule has 4 rings (SSSR count). The number of anilines is 2. The van der Waals surface area contributed by atoms with Crippen LogP contribution in [0.5, 0.6) is 0 Å². The molecule has 3 nitrogen and oxygen atoms in total. The second kappa shape index (κ2) is 7.24. The molecule has 0 bridgehead atoms. The molecule has 0 saturated carbocycles. The Balaban J connectivity index is 1.58. The van der Waals surface area contributed by atoms with Gasteiger partial charge in [-0.2, -0.15) is 13.2 Å². The third kappa shape index (κ3) is 4.08. The highest BCUT2D eigenvalue weighted by Crippen LogP contribution is 2.47. The van der Waals surface area contributed by atoms with Gasteiger partial charge in [0.2, 0.25) is 0 Å². The lowest BCUT2D eigenvalue weighted by Crippen LogP contribution is -2.38. The lowest BCUT2D eigenvalue weighted by molar-refractivity contribution is -0.136. The molecule has 2 aromatic carbocycles. The van der Waals surface area contributed by atoms with Gasteiger partial charge in [0.05, 0.1) is 11.3 Å². The normalized spacial score (nSPS) is 21.3. The van der Waals surface area contributed by atoms with Crippen LogP contribution in [0.2, 0.25) is 0 Å². The molecule has 156 valence electrons. The van der Waals surface area contributed by atoms with Crippen molar-refractivity contribution in [2.75, 3.05) is 23.7 Å². The maximum atomic E-state index is 13.7. The van der Waals surface area contributed by atoms with Crippen molar-refractivity contribution in [3.05, 3.63) is 58.7 Å². The Morgan fingerprint density at radius 1 is 1.07 bits per heavy atom. The quantitative estimate of drug-likeness (QED) is 0.635. The van der Waals surface area contributed by atoms with Gasteiger partial charge in [0.1, 0.15) is 0 Å². The predicted molar refractivity (Wildman–Crippen MR) is 112 cm³/mol. The van der Waals surface area contributed by atoms with Gasteiger partial charge in [0, 0.05) is 30.7 Å². The molecule has 0 amide bonds. The van der Waals surface area contributed by atoms with E-state index >= 15 is 0 Å². The third-order valence-corrected chi connectivity index (χ3v) is 6.00. The number of hydrogen-bond donors (Lipinski definition) is 3. The van der Waals surface area contributed by atoms with E-state index in [1.807, 2.05) is 18.2 Å². The van der Waals surface area contributed by atoms with Crippen LogP contribution in [0.3, 0.4) is 0 Å². The number of halogens is 3. The van der Waals surface area contributed by atoms with Crippen LogP contribution in [0.15, 0.2) is 36.4 Å². The molecule has 1 fully saturated rings. The van der Waals surface area contributed by atoms with E-state index in [0.29, 0.717) is 18.8 Å². The lowest BCUT2D eigenvalue weighted by atomic mass is 9.87. The molecule has 0 aromatic heterocycles. The summed E-state index contributed by atoms with van der Waals surface area (Å²) in [7, 11) is 0. The van der Waals surface area contributed by atoms with E-state index in [1.54, 1.807) is 0 Å². The zero-order valence-electron chi connectivity index (χ0n) is 17.1. The summed E-state index contributed by atoms with van der Waals surface area (Å²) in [5.74, 6) is 0.0765. The van der Waals surface area contributed by atoms with Crippen molar-refractivity contribution in [3.8, 4) is 0 Å².